The van der Waals surface area contributed by atoms with E-state index in [9.17, 15) is 0 Å². The van der Waals surface area contributed by atoms with Gasteiger partial charge in [0.1, 0.15) is 0 Å². The zero-order valence-electron chi connectivity index (χ0n) is 12.1. The summed E-state index contributed by atoms with van der Waals surface area (Å²) < 4.78 is 0. The zero-order valence-corrected chi connectivity index (χ0v) is 12.1. The van der Waals surface area contributed by atoms with Gasteiger partial charge in [-0.15, -0.1) is 0 Å². The van der Waals surface area contributed by atoms with Crippen LogP contribution in [0.3, 0.4) is 0 Å². The van der Waals surface area contributed by atoms with E-state index in [4.69, 9.17) is 0 Å². The van der Waals surface area contributed by atoms with Crippen molar-refractivity contribution < 1.29 is 0 Å². The number of benzene rings is 1. The van der Waals surface area contributed by atoms with Crippen molar-refractivity contribution in [2.24, 2.45) is 5.92 Å². The molecule has 0 amide bonds. The van der Waals surface area contributed by atoms with Crippen molar-refractivity contribution in [2.75, 3.05) is 13.6 Å². The Bertz CT molecular complexity index is 363. The van der Waals surface area contributed by atoms with Crippen LogP contribution < -0.4 is 5.32 Å². The summed E-state index contributed by atoms with van der Waals surface area (Å²) in [5.74, 6) is 0.720. The van der Waals surface area contributed by atoms with Crippen LogP contribution in [0.25, 0.3) is 0 Å². The molecule has 4 atom stereocenters. The molecule has 1 aromatic rings. The molecule has 1 aliphatic heterocycles. The number of hydrogen-bond acceptors (Lipinski definition) is 2. The van der Waals surface area contributed by atoms with Crippen molar-refractivity contribution in [2.45, 2.75) is 45.3 Å². The molecule has 1 aliphatic rings. The smallest absolute Gasteiger partial charge is 0.0294 e. The lowest BCUT2D eigenvalue weighted by atomic mass is 9.89. The number of likely N-dealkylation sites (tertiary alicyclic amines) is 1. The van der Waals surface area contributed by atoms with Crippen LogP contribution in [-0.2, 0) is 0 Å². The van der Waals surface area contributed by atoms with Gasteiger partial charge in [0.2, 0.25) is 0 Å². The summed E-state index contributed by atoms with van der Waals surface area (Å²) in [4.78, 5) is 2.47. The molecule has 1 saturated heterocycles. The average molecular weight is 246 g/mol. The highest BCUT2D eigenvalue weighted by molar-refractivity contribution is 5.18. The lowest BCUT2D eigenvalue weighted by Gasteiger charge is -2.41. The van der Waals surface area contributed by atoms with Gasteiger partial charge in [0.15, 0.2) is 0 Å². The third kappa shape index (κ3) is 3.12. The molecule has 1 fully saturated rings. The predicted molar refractivity (Wildman–Crippen MR) is 77.7 cm³/mol. The van der Waals surface area contributed by atoms with Crippen molar-refractivity contribution in [3.63, 3.8) is 0 Å². The molecule has 0 radical (unpaired) electrons. The molecule has 0 spiro atoms. The molecule has 0 aliphatic carbocycles. The molecule has 0 bridgehead atoms. The fourth-order valence-corrected chi connectivity index (χ4v) is 2.93. The summed E-state index contributed by atoms with van der Waals surface area (Å²) in [5, 5.41) is 3.81. The van der Waals surface area contributed by atoms with Gasteiger partial charge in [0, 0.05) is 24.7 Å². The lowest BCUT2D eigenvalue weighted by molar-refractivity contribution is 0.116. The average Bonchev–Trinajstić information content (AvgIpc) is 2.37. The SMILES string of the molecule is C[C@H](N[C@H]1C[C@@H](C)N(C)C[C@@H]1C)c1ccccc1. The summed E-state index contributed by atoms with van der Waals surface area (Å²) >= 11 is 0. The fourth-order valence-electron chi connectivity index (χ4n) is 2.93. The first-order chi connectivity index (χ1) is 8.58. The van der Waals surface area contributed by atoms with Gasteiger partial charge in [0.05, 0.1) is 0 Å². The second-order valence-electron chi connectivity index (χ2n) is 5.91. The van der Waals surface area contributed by atoms with E-state index in [1.165, 1.54) is 18.5 Å². The standard InChI is InChI=1S/C16H26N2/c1-12-11-18(4)13(2)10-16(12)17-14(3)15-8-6-5-7-9-15/h5-9,12-14,16-17H,10-11H2,1-4H3/t12-,13+,14-,16-/m0/s1. The molecule has 0 saturated carbocycles. The third-order valence-electron chi connectivity index (χ3n) is 4.37. The van der Waals surface area contributed by atoms with Crippen LogP contribution >= 0.6 is 0 Å². The lowest BCUT2D eigenvalue weighted by Crippen LogP contribution is -2.51. The number of nitrogens with zero attached hydrogens (tertiary/aromatic N) is 1. The molecule has 0 aromatic heterocycles. The maximum atomic E-state index is 3.81. The highest BCUT2D eigenvalue weighted by Crippen LogP contribution is 2.23. The number of hydrogen-bond donors (Lipinski definition) is 1. The summed E-state index contributed by atoms with van der Waals surface area (Å²) in [6.45, 7) is 8.15. The third-order valence-corrected chi connectivity index (χ3v) is 4.37. The Hall–Kier alpha value is -0.860. The van der Waals surface area contributed by atoms with E-state index in [0.29, 0.717) is 18.1 Å². The quantitative estimate of drug-likeness (QED) is 0.882. The van der Waals surface area contributed by atoms with Crippen LogP contribution in [0.5, 0.6) is 0 Å². The first-order valence-corrected chi connectivity index (χ1v) is 7.09. The van der Waals surface area contributed by atoms with E-state index in [1.807, 2.05) is 0 Å². The van der Waals surface area contributed by atoms with E-state index >= 15 is 0 Å². The normalized spacial score (nSPS) is 31.2. The highest BCUT2D eigenvalue weighted by Gasteiger charge is 2.29. The van der Waals surface area contributed by atoms with Crippen LogP contribution in [-0.4, -0.2) is 30.6 Å². The van der Waals surface area contributed by atoms with Gasteiger partial charge in [-0.25, -0.2) is 0 Å². The van der Waals surface area contributed by atoms with Crippen LogP contribution in [0.2, 0.25) is 0 Å². The van der Waals surface area contributed by atoms with Gasteiger partial charge in [0.25, 0.3) is 0 Å². The first kappa shape index (κ1) is 13.6. The Morgan fingerprint density at radius 2 is 1.89 bits per heavy atom. The van der Waals surface area contributed by atoms with E-state index in [1.54, 1.807) is 0 Å². The molecule has 1 heterocycles. The zero-order chi connectivity index (χ0) is 13.1. The van der Waals surface area contributed by atoms with Gasteiger partial charge in [-0.05, 0) is 38.8 Å². The second-order valence-corrected chi connectivity index (χ2v) is 5.91. The van der Waals surface area contributed by atoms with Crippen LogP contribution in [0.4, 0.5) is 0 Å². The molecule has 18 heavy (non-hydrogen) atoms. The number of rotatable bonds is 3. The maximum absolute atomic E-state index is 3.81. The summed E-state index contributed by atoms with van der Waals surface area (Å²) in [6.07, 6.45) is 1.24. The molecule has 2 nitrogen and oxygen atoms in total. The Morgan fingerprint density at radius 1 is 1.22 bits per heavy atom. The number of piperidine rings is 1. The molecular formula is C16H26N2. The summed E-state index contributed by atoms with van der Waals surface area (Å²) in [6, 6.07) is 12.5. The minimum Gasteiger partial charge on any atom is -0.307 e. The Labute approximate surface area is 111 Å². The molecule has 2 heteroatoms. The molecule has 1 N–H and O–H groups in total. The van der Waals surface area contributed by atoms with Gasteiger partial charge >= 0.3 is 0 Å². The van der Waals surface area contributed by atoms with Gasteiger partial charge in [-0.1, -0.05) is 37.3 Å². The van der Waals surface area contributed by atoms with E-state index in [2.05, 4.69) is 68.4 Å². The highest BCUT2D eigenvalue weighted by atomic mass is 15.2. The first-order valence-electron chi connectivity index (χ1n) is 7.09. The van der Waals surface area contributed by atoms with Crippen molar-refractivity contribution in [1.29, 1.82) is 0 Å². The van der Waals surface area contributed by atoms with Crippen molar-refractivity contribution in [1.82, 2.24) is 10.2 Å². The van der Waals surface area contributed by atoms with Gasteiger partial charge < -0.3 is 10.2 Å². The Kier molecular flexibility index (Phi) is 4.41. The Balaban J connectivity index is 1.97. The monoisotopic (exact) mass is 246 g/mol. The van der Waals surface area contributed by atoms with Crippen molar-refractivity contribution >= 4 is 0 Å². The minimum atomic E-state index is 0.439. The number of nitrogens with one attached hydrogen (secondary N) is 1. The Morgan fingerprint density at radius 3 is 2.56 bits per heavy atom. The topological polar surface area (TPSA) is 15.3 Å². The maximum Gasteiger partial charge on any atom is 0.0294 e. The van der Waals surface area contributed by atoms with E-state index < -0.39 is 0 Å². The molecule has 0 unspecified atom stereocenters. The predicted octanol–water partition coefficient (Wildman–Crippen LogP) is 3.07. The summed E-state index contributed by atoms with van der Waals surface area (Å²) in [7, 11) is 2.23. The summed E-state index contributed by atoms with van der Waals surface area (Å²) in [5.41, 5.74) is 1.39. The van der Waals surface area contributed by atoms with Crippen LogP contribution in [0.15, 0.2) is 30.3 Å². The minimum absolute atomic E-state index is 0.439. The van der Waals surface area contributed by atoms with Crippen LogP contribution in [0, 0.1) is 5.92 Å². The van der Waals surface area contributed by atoms with Crippen molar-refractivity contribution in [3.8, 4) is 0 Å². The fraction of sp³-hybridized carbons (Fsp3) is 0.625. The second kappa shape index (κ2) is 5.85. The molecule has 2 rings (SSSR count). The van der Waals surface area contributed by atoms with Crippen LogP contribution in [0.1, 0.15) is 38.8 Å². The van der Waals surface area contributed by atoms with E-state index in [0.717, 1.165) is 5.92 Å². The molecule has 1 aromatic carbocycles. The van der Waals surface area contributed by atoms with Crippen molar-refractivity contribution in [3.05, 3.63) is 35.9 Å². The molecule has 100 valence electrons. The van der Waals surface area contributed by atoms with Gasteiger partial charge in [-0.2, -0.15) is 0 Å². The van der Waals surface area contributed by atoms with E-state index in [-0.39, 0.29) is 0 Å². The molecular weight excluding hydrogens is 220 g/mol. The van der Waals surface area contributed by atoms with Gasteiger partial charge in [-0.3, -0.25) is 0 Å². The largest absolute Gasteiger partial charge is 0.307 e.